The molecule has 1 aromatic carbocycles. The maximum absolute atomic E-state index is 5.47. The summed E-state index contributed by atoms with van der Waals surface area (Å²) in [7, 11) is 0. The van der Waals surface area contributed by atoms with Crippen molar-refractivity contribution in [3.05, 3.63) is 41.5 Å². The molecule has 2 aromatic heterocycles. The van der Waals surface area contributed by atoms with Crippen LogP contribution in [0.3, 0.4) is 0 Å². The van der Waals surface area contributed by atoms with Crippen LogP contribution in [0.2, 0.25) is 0 Å². The molecule has 138 valence electrons. The number of hydrogen-bond donors (Lipinski definition) is 0. The van der Waals surface area contributed by atoms with E-state index in [0.717, 1.165) is 28.9 Å². The van der Waals surface area contributed by atoms with Gasteiger partial charge in [-0.05, 0) is 26.3 Å². The smallest absolute Gasteiger partial charge is 0.239 e. The Kier molecular flexibility index (Phi) is 5.18. The number of benzene rings is 1. The van der Waals surface area contributed by atoms with Gasteiger partial charge in [-0.2, -0.15) is 4.98 Å². The molecule has 0 aliphatic rings. The highest BCUT2D eigenvalue weighted by atomic mass is 32.2. The van der Waals surface area contributed by atoms with Crippen LogP contribution in [-0.4, -0.2) is 24.9 Å². The van der Waals surface area contributed by atoms with E-state index >= 15 is 0 Å². The zero-order chi connectivity index (χ0) is 18.9. The first kappa shape index (κ1) is 18.6. The summed E-state index contributed by atoms with van der Waals surface area (Å²) in [6, 6.07) is 8.23. The average molecular weight is 372 g/mol. The number of nitrogens with zero attached hydrogens (tertiary/aromatic N) is 5. The van der Waals surface area contributed by atoms with Crippen LogP contribution >= 0.6 is 11.8 Å². The van der Waals surface area contributed by atoms with Crippen molar-refractivity contribution in [2.24, 2.45) is 0 Å². The predicted molar refractivity (Wildman–Crippen MR) is 103 cm³/mol. The van der Waals surface area contributed by atoms with Crippen LogP contribution in [0.25, 0.3) is 11.4 Å². The molecule has 3 rings (SSSR count). The molecular formula is C19H25N5OS. The minimum atomic E-state index is -0.131. The second-order valence-corrected chi connectivity index (χ2v) is 8.64. The van der Waals surface area contributed by atoms with Gasteiger partial charge in [0.05, 0.1) is 5.25 Å². The zero-order valence-corrected chi connectivity index (χ0v) is 17.0. The molecule has 0 radical (unpaired) electrons. The van der Waals surface area contributed by atoms with E-state index in [9.17, 15) is 0 Å². The summed E-state index contributed by atoms with van der Waals surface area (Å²) < 4.78 is 7.60. The lowest BCUT2D eigenvalue weighted by Gasteiger charge is -2.12. The minimum absolute atomic E-state index is 0.00202. The second kappa shape index (κ2) is 7.23. The van der Waals surface area contributed by atoms with Gasteiger partial charge in [-0.25, -0.2) is 0 Å². The highest BCUT2D eigenvalue weighted by Gasteiger charge is 2.25. The average Bonchev–Trinajstić information content (AvgIpc) is 3.22. The Balaban J connectivity index is 1.87. The largest absolute Gasteiger partial charge is 0.338 e. The van der Waals surface area contributed by atoms with Gasteiger partial charge in [0.1, 0.15) is 0 Å². The SMILES string of the molecule is CCn1c(S[C@H](C)c2nc(C(C)(C)C)no2)nnc1-c1ccccc1C. The molecule has 2 heterocycles. The van der Waals surface area contributed by atoms with Crippen molar-refractivity contribution in [1.82, 2.24) is 24.9 Å². The molecule has 0 amide bonds. The summed E-state index contributed by atoms with van der Waals surface area (Å²) in [5, 5.41) is 13.8. The molecular weight excluding hydrogens is 346 g/mol. The summed E-state index contributed by atoms with van der Waals surface area (Å²) in [5.41, 5.74) is 2.16. The summed E-state index contributed by atoms with van der Waals surface area (Å²) in [4.78, 5) is 4.56. The topological polar surface area (TPSA) is 69.6 Å². The van der Waals surface area contributed by atoms with Gasteiger partial charge in [0, 0.05) is 17.5 Å². The van der Waals surface area contributed by atoms with Crippen LogP contribution in [0, 0.1) is 6.92 Å². The Morgan fingerprint density at radius 1 is 1.19 bits per heavy atom. The standard InChI is InChI=1S/C19H25N5OS/c1-7-24-15(14-11-9-8-10-12(14)2)21-22-18(24)26-13(3)16-20-17(23-25-16)19(4,5)6/h8-11,13H,7H2,1-6H3/t13-/m1/s1. The predicted octanol–water partition coefficient (Wildman–Crippen LogP) is 4.81. The molecule has 0 fully saturated rings. The third kappa shape index (κ3) is 3.67. The Labute approximate surface area is 158 Å². The van der Waals surface area contributed by atoms with Crippen molar-refractivity contribution < 1.29 is 4.52 Å². The van der Waals surface area contributed by atoms with E-state index in [0.29, 0.717) is 5.89 Å². The van der Waals surface area contributed by atoms with E-state index in [2.05, 4.69) is 71.7 Å². The van der Waals surface area contributed by atoms with Crippen molar-refractivity contribution in [2.45, 2.75) is 63.9 Å². The first-order valence-corrected chi connectivity index (χ1v) is 9.69. The lowest BCUT2D eigenvalue weighted by atomic mass is 9.96. The Morgan fingerprint density at radius 3 is 2.54 bits per heavy atom. The fraction of sp³-hybridized carbons (Fsp3) is 0.474. The monoisotopic (exact) mass is 371 g/mol. The molecule has 0 saturated heterocycles. The van der Waals surface area contributed by atoms with E-state index in [1.807, 2.05) is 19.1 Å². The number of aryl methyl sites for hydroxylation is 1. The maximum Gasteiger partial charge on any atom is 0.239 e. The summed E-state index contributed by atoms with van der Waals surface area (Å²) in [6.45, 7) is 13.2. The lowest BCUT2D eigenvalue weighted by Crippen LogP contribution is -2.13. The highest BCUT2D eigenvalue weighted by molar-refractivity contribution is 7.99. The highest BCUT2D eigenvalue weighted by Crippen LogP contribution is 2.35. The molecule has 0 aliphatic heterocycles. The Hall–Kier alpha value is -2.15. The molecule has 0 saturated carbocycles. The molecule has 0 unspecified atom stereocenters. The molecule has 6 nitrogen and oxygen atoms in total. The minimum Gasteiger partial charge on any atom is -0.338 e. The molecule has 0 bridgehead atoms. The Morgan fingerprint density at radius 2 is 1.92 bits per heavy atom. The number of rotatable bonds is 5. The zero-order valence-electron chi connectivity index (χ0n) is 16.1. The molecule has 0 aliphatic carbocycles. The Bertz CT molecular complexity index is 893. The first-order chi connectivity index (χ1) is 12.3. The third-order valence-electron chi connectivity index (χ3n) is 4.16. The van der Waals surface area contributed by atoms with Gasteiger partial charge >= 0.3 is 0 Å². The van der Waals surface area contributed by atoms with E-state index < -0.39 is 0 Å². The van der Waals surface area contributed by atoms with Gasteiger partial charge in [-0.15, -0.1) is 10.2 Å². The van der Waals surface area contributed by atoms with Crippen LogP contribution in [0.15, 0.2) is 33.9 Å². The summed E-state index contributed by atoms with van der Waals surface area (Å²) in [6.07, 6.45) is 0. The van der Waals surface area contributed by atoms with Crippen molar-refractivity contribution in [1.29, 1.82) is 0 Å². The normalized spacial score (nSPS) is 13.2. The molecule has 7 heteroatoms. The van der Waals surface area contributed by atoms with Crippen molar-refractivity contribution in [2.75, 3.05) is 0 Å². The number of aromatic nitrogens is 5. The van der Waals surface area contributed by atoms with Crippen LogP contribution in [0.4, 0.5) is 0 Å². The number of thioether (sulfide) groups is 1. The third-order valence-corrected chi connectivity index (χ3v) is 5.23. The second-order valence-electron chi connectivity index (χ2n) is 7.33. The van der Waals surface area contributed by atoms with Gasteiger partial charge in [0.2, 0.25) is 5.89 Å². The maximum atomic E-state index is 5.47. The van der Waals surface area contributed by atoms with Gasteiger partial charge < -0.3 is 9.09 Å². The van der Waals surface area contributed by atoms with Crippen LogP contribution in [0.1, 0.15) is 57.1 Å². The van der Waals surface area contributed by atoms with Crippen molar-refractivity contribution >= 4 is 11.8 Å². The van der Waals surface area contributed by atoms with Crippen LogP contribution in [-0.2, 0) is 12.0 Å². The first-order valence-electron chi connectivity index (χ1n) is 8.81. The van der Waals surface area contributed by atoms with Crippen LogP contribution < -0.4 is 0 Å². The number of hydrogen-bond acceptors (Lipinski definition) is 6. The van der Waals surface area contributed by atoms with Crippen LogP contribution in [0.5, 0.6) is 0 Å². The van der Waals surface area contributed by atoms with Gasteiger partial charge in [-0.1, -0.05) is 62.0 Å². The molecule has 0 spiro atoms. The van der Waals surface area contributed by atoms with Crippen molar-refractivity contribution in [3.63, 3.8) is 0 Å². The van der Waals surface area contributed by atoms with E-state index in [4.69, 9.17) is 4.52 Å². The molecule has 26 heavy (non-hydrogen) atoms. The fourth-order valence-corrected chi connectivity index (χ4v) is 3.54. The summed E-state index contributed by atoms with van der Waals surface area (Å²) in [5.74, 6) is 2.22. The van der Waals surface area contributed by atoms with E-state index in [1.54, 1.807) is 11.8 Å². The van der Waals surface area contributed by atoms with Gasteiger partial charge in [-0.3, -0.25) is 0 Å². The van der Waals surface area contributed by atoms with Gasteiger partial charge in [0.25, 0.3) is 0 Å². The van der Waals surface area contributed by atoms with Gasteiger partial charge in [0.15, 0.2) is 16.8 Å². The van der Waals surface area contributed by atoms with E-state index in [-0.39, 0.29) is 10.7 Å². The molecule has 3 aromatic rings. The van der Waals surface area contributed by atoms with Crippen molar-refractivity contribution in [3.8, 4) is 11.4 Å². The fourth-order valence-electron chi connectivity index (χ4n) is 2.60. The quantitative estimate of drug-likeness (QED) is 0.600. The van der Waals surface area contributed by atoms with E-state index in [1.165, 1.54) is 5.56 Å². The summed E-state index contributed by atoms with van der Waals surface area (Å²) >= 11 is 1.59. The molecule has 0 N–H and O–H groups in total. The molecule has 1 atom stereocenters. The lowest BCUT2D eigenvalue weighted by molar-refractivity contribution is 0.364.